The molecule has 5 heteroatoms. The molecule has 2 aliphatic heterocycles. The summed E-state index contributed by atoms with van der Waals surface area (Å²) in [5.41, 5.74) is 0. The van der Waals surface area contributed by atoms with E-state index in [2.05, 4.69) is 15.1 Å². The zero-order chi connectivity index (χ0) is 13.1. The Kier molecular flexibility index (Phi) is 4.35. The molecule has 0 radical (unpaired) electrons. The van der Waals surface area contributed by atoms with Gasteiger partial charge in [0.25, 0.3) is 0 Å². The number of carbonyl (C=O) groups is 1. The Labute approximate surface area is 115 Å². The van der Waals surface area contributed by atoms with Crippen LogP contribution in [0.3, 0.4) is 0 Å². The van der Waals surface area contributed by atoms with E-state index in [1.165, 1.54) is 12.8 Å². The van der Waals surface area contributed by atoms with Crippen molar-refractivity contribution in [3.8, 4) is 0 Å². The molecule has 1 N–H and O–H groups in total. The lowest BCUT2D eigenvalue weighted by atomic mass is 10.1. The largest absolute Gasteiger partial charge is 0.379 e. The van der Waals surface area contributed by atoms with Crippen LogP contribution in [0.4, 0.5) is 0 Å². The Morgan fingerprint density at radius 2 is 2.00 bits per heavy atom. The first kappa shape index (κ1) is 13.3. The number of ether oxygens (including phenoxy) is 1. The highest BCUT2D eigenvalue weighted by molar-refractivity contribution is 5.78. The first-order chi connectivity index (χ1) is 9.31. The second-order valence-electron chi connectivity index (χ2n) is 6.05. The fourth-order valence-corrected chi connectivity index (χ4v) is 2.91. The highest BCUT2D eigenvalue weighted by Crippen LogP contribution is 2.21. The topological polar surface area (TPSA) is 44.8 Å². The van der Waals surface area contributed by atoms with Crippen molar-refractivity contribution in [2.75, 3.05) is 52.5 Å². The van der Waals surface area contributed by atoms with E-state index in [1.807, 2.05) is 0 Å². The van der Waals surface area contributed by atoms with Gasteiger partial charge in [0.15, 0.2) is 0 Å². The Hall–Kier alpha value is -0.650. The van der Waals surface area contributed by atoms with Crippen LogP contribution in [0.2, 0.25) is 0 Å². The fraction of sp³-hybridized carbons (Fsp3) is 0.929. The highest BCUT2D eigenvalue weighted by atomic mass is 16.5. The molecule has 2 saturated heterocycles. The molecule has 0 aromatic heterocycles. The van der Waals surface area contributed by atoms with Crippen LogP contribution in [-0.2, 0) is 9.53 Å². The molecule has 1 aliphatic carbocycles. The van der Waals surface area contributed by atoms with E-state index in [1.54, 1.807) is 0 Å². The van der Waals surface area contributed by atoms with Gasteiger partial charge in [0.05, 0.1) is 13.2 Å². The number of carbonyl (C=O) groups excluding carboxylic acids is 1. The average molecular weight is 267 g/mol. The fourth-order valence-electron chi connectivity index (χ4n) is 2.91. The van der Waals surface area contributed by atoms with Gasteiger partial charge >= 0.3 is 0 Å². The number of likely N-dealkylation sites (tertiary alicyclic amines) is 1. The summed E-state index contributed by atoms with van der Waals surface area (Å²) >= 11 is 0. The summed E-state index contributed by atoms with van der Waals surface area (Å²) in [4.78, 5) is 16.4. The molecule has 1 amide bonds. The van der Waals surface area contributed by atoms with Crippen molar-refractivity contribution in [1.82, 2.24) is 15.1 Å². The number of amides is 1. The van der Waals surface area contributed by atoms with Gasteiger partial charge in [-0.15, -0.1) is 0 Å². The monoisotopic (exact) mass is 267 g/mol. The van der Waals surface area contributed by atoms with Gasteiger partial charge in [-0.3, -0.25) is 9.69 Å². The normalized spacial score (nSPS) is 29.2. The molecule has 2 heterocycles. The van der Waals surface area contributed by atoms with E-state index in [9.17, 15) is 4.79 Å². The number of rotatable bonds is 6. The average Bonchev–Trinajstić information content (AvgIpc) is 3.19. The summed E-state index contributed by atoms with van der Waals surface area (Å²) in [6.07, 6.45) is 3.38. The number of nitrogens with one attached hydrogen (secondary N) is 1. The van der Waals surface area contributed by atoms with Gasteiger partial charge in [0, 0.05) is 51.7 Å². The molecular formula is C14H25N3O2. The zero-order valence-electron chi connectivity index (χ0n) is 11.6. The third-order valence-electron chi connectivity index (χ3n) is 4.36. The van der Waals surface area contributed by atoms with Crippen LogP contribution < -0.4 is 5.32 Å². The summed E-state index contributed by atoms with van der Waals surface area (Å²) in [5.74, 6) is 0.869. The van der Waals surface area contributed by atoms with Crippen LogP contribution in [0.1, 0.15) is 19.3 Å². The minimum absolute atomic E-state index is 0.343. The lowest BCUT2D eigenvalue weighted by molar-refractivity contribution is -0.128. The molecule has 3 fully saturated rings. The lowest BCUT2D eigenvalue weighted by Gasteiger charge is -2.28. The third-order valence-corrected chi connectivity index (χ3v) is 4.36. The first-order valence-corrected chi connectivity index (χ1v) is 7.62. The van der Waals surface area contributed by atoms with Gasteiger partial charge in [-0.05, 0) is 18.8 Å². The quantitative estimate of drug-likeness (QED) is 0.731. The predicted octanol–water partition coefficient (Wildman–Crippen LogP) is -0.0809. The molecule has 3 aliphatic rings. The molecule has 1 unspecified atom stereocenters. The van der Waals surface area contributed by atoms with E-state index in [-0.39, 0.29) is 0 Å². The Morgan fingerprint density at radius 3 is 2.74 bits per heavy atom. The van der Waals surface area contributed by atoms with Crippen molar-refractivity contribution >= 4 is 5.91 Å². The maximum Gasteiger partial charge on any atom is 0.223 e. The maximum atomic E-state index is 12.0. The Balaban J connectivity index is 1.36. The minimum Gasteiger partial charge on any atom is -0.379 e. The number of nitrogens with zero attached hydrogens (tertiary/aromatic N) is 2. The molecule has 0 bridgehead atoms. The van der Waals surface area contributed by atoms with Gasteiger partial charge in [0.2, 0.25) is 5.91 Å². The molecule has 5 nitrogen and oxygen atoms in total. The minimum atomic E-state index is 0.343. The van der Waals surface area contributed by atoms with Crippen molar-refractivity contribution in [2.24, 2.45) is 5.92 Å². The zero-order valence-corrected chi connectivity index (χ0v) is 11.6. The molecule has 108 valence electrons. The molecule has 1 saturated carbocycles. The van der Waals surface area contributed by atoms with Crippen LogP contribution in [-0.4, -0.2) is 74.2 Å². The Bertz CT molecular complexity index is 314. The predicted molar refractivity (Wildman–Crippen MR) is 73.0 cm³/mol. The molecule has 0 aromatic rings. The van der Waals surface area contributed by atoms with Crippen LogP contribution in [0.15, 0.2) is 0 Å². The highest BCUT2D eigenvalue weighted by Gasteiger charge is 2.31. The summed E-state index contributed by atoms with van der Waals surface area (Å²) in [5, 5.41) is 3.54. The number of hydrogen-bond donors (Lipinski definition) is 1. The van der Waals surface area contributed by atoms with Crippen molar-refractivity contribution in [1.29, 1.82) is 0 Å². The van der Waals surface area contributed by atoms with Crippen molar-refractivity contribution in [3.05, 3.63) is 0 Å². The Morgan fingerprint density at radius 1 is 1.21 bits per heavy atom. The van der Waals surface area contributed by atoms with Gasteiger partial charge < -0.3 is 15.0 Å². The van der Waals surface area contributed by atoms with E-state index in [4.69, 9.17) is 4.74 Å². The second-order valence-corrected chi connectivity index (χ2v) is 6.05. The van der Waals surface area contributed by atoms with Crippen LogP contribution >= 0.6 is 0 Å². The molecular weight excluding hydrogens is 242 g/mol. The summed E-state index contributed by atoms with van der Waals surface area (Å²) in [7, 11) is 0. The van der Waals surface area contributed by atoms with E-state index < -0.39 is 0 Å². The third kappa shape index (κ3) is 3.91. The maximum absolute atomic E-state index is 12.0. The van der Waals surface area contributed by atoms with E-state index in [0.29, 0.717) is 11.8 Å². The summed E-state index contributed by atoms with van der Waals surface area (Å²) < 4.78 is 5.34. The van der Waals surface area contributed by atoms with E-state index >= 15 is 0 Å². The number of morpholine rings is 1. The smallest absolute Gasteiger partial charge is 0.223 e. The van der Waals surface area contributed by atoms with Crippen molar-refractivity contribution < 1.29 is 9.53 Å². The van der Waals surface area contributed by atoms with Gasteiger partial charge in [-0.25, -0.2) is 0 Å². The van der Waals surface area contributed by atoms with Crippen LogP contribution in [0.5, 0.6) is 0 Å². The molecule has 0 spiro atoms. The first-order valence-electron chi connectivity index (χ1n) is 7.62. The van der Waals surface area contributed by atoms with Crippen molar-refractivity contribution in [2.45, 2.75) is 25.3 Å². The molecule has 0 aromatic carbocycles. The number of hydrogen-bond acceptors (Lipinski definition) is 4. The van der Waals surface area contributed by atoms with Crippen LogP contribution in [0, 0.1) is 5.92 Å². The molecule has 1 atom stereocenters. The SMILES string of the molecule is O=C1CC(CNC2CC2)CN1CCN1CCOCC1. The second kappa shape index (κ2) is 6.20. The standard InChI is InChI=1S/C14H25N3O2/c18-14-9-12(10-15-13-1-2-13)11-17(14)4-3-16-5-7-19-8-6-16/h12-13,15H,1-11H2. The van der Waals surface area contributed by atoms with Gasteiger partial charge in [0.1, 0.15) is 0 Å². The summed E-state index contributed by atoms with van der Waals surface area (Å²) in [6, 6.07) is 0.748. The van der Waals surface area contributed by atoms with E-state index in [0.717, 1.165) is 64.9 Å². The summed E-state index contributed by atoms with van der Waals surface area (Å²) in [6.45, 7) is 7.54. The van der Waals surface area contributed by atoms with Gasteiger partial charge in [-0.2, -0.15) is 0 Å². The lowest BCUT2D eigenvalue weighted by Crippen LogP contribution is -2.42. The molecule has 19 heavy (non-hydrogen) atoms. The molecule has 3 rings (SSSR count). The van der Waals surface area contributed by atoms with Crippen molar-refractivity contribution in [3.63, 3.8) is 0 Å². The van der Waals surface area contributed by atoms with Gasteiger partial charge in [-0.1, -0.05) is 0 Å². The van der Waals surface area contributed by atoms with Crippen LogP contribution in [0.25, 0.3) is 0 Å².